The fraction of sp³-hybridized carbons (Fsp3) is 0.417. The molecule has 3 rings (SSSR count). The van der Waals surface area contributed by atoms with Gasteiger partial charge in [0.25, 0.3) is 0 Å². The number of carbonyl (C=O) groups excluding carboxylic acids is 2. The minimum Gasteiger partial charge on any atom is -0.492 e. The van der Waals surface area contributed by atoms with Gasteiger partial charge in [0.05, 0.1) is 23.1 Å². The summed E-state index contributed by atoms with van der Waals surface area (Å²) in [5.74, 6) is -0.443. The van der Waals surface area contributed by atoms with Crippen molar-refractivity contribution < 1.29 is 22.7 Å². The number of hydrogen-bond acceptors (Lipinski definition) is 5. The average molecular weight is 474 g/mol. The van der Waals surface area contributed by atoms with Crippen LogP contribution in [0.4, 0.5) is 11.4 Å². The van der Waals surface area contributed by atoms with Crippen LogP contribution in [-0.4, -0.2) is 50.8 Å². The zero-order valence-electron chi connectivity index (χ0n) is 19.5. The van der Waals surface area contributed by atoms with E-state index >= 15 is 0 Å². The Labute approximate surface area is 195 Å². The number of nitrogens with one attached hydrogen (secondary N) is 1. The summed E-state index contributed by atoms with van der Waals surface area (Å²) in [6, 6.07) is 12.1. The molecule has 0 aliphatic carbocycles. The predicted molar refractivity (Wildman–Crippen MR) is 128 cm³/mol. The molecular weight excluding hydrogens is 442 g/mol. The topological polar surface area (TPSA) is 96.0 Å². The molecule has 1 aliphatic heterocycles. The Bertz CT molecular complexity index is 1130. The Kier molecular flexibility index (Phi) is 7.76. The summed E-state index contributed by atoms with van der Waals surface area (Å²) in [4.78, 5) is 27.4. The molecule has 0 spiro atoms. The minimum atomic E-state index is -3.67. The number of para-hydroxylation sites is 2. The monoisotopic (exact) mass is 473 g/mol. The molecule has 0 aromatic heterocycles. The maximum Gasteiger partial charge on any atom is 0.243 e. The lowest BCUT2D eigenvalue weighted by Crippen LogP contribution is -2.31. The van der Waals surface area contributed by atoms with Crippen molar-refractivity contribution in [3.8, 4) is 5.75 Å². The molecule has 2 amide bonds. The van der Waals surface area contributed by atoms with Gasteiger partial charge in [-0.3, -0.25) is 9.59 Å². The Hall–Kier alpha value is -2.91. The number of carbonyl (C=O) groups is 2. The SMILES string of the molecule is CCOc1ccccc1N1CC(C(=O)Nc2ccc(C)c(S(=O)(=O)N(CC)CC)c2)CC1=O. The number of hydrogen-bond donors (Lipinski definition) is 1. The normalized spacial score (nSPS) is 16.3. The van der Waals surface area contributed by atoms with Gasteiger partial charge < -0.3 is 15.0 Å². The lowest BCUT2D eigenvalue weighted by Gasteiger charge is -2.21. The van der Waals surface area contributed by atoms with Crippen LogP contribution in [0.5, 0.6) is 5.75 Å². The second kappa shape index (κ2) is 10.4. The highest BCUT2D eigenvalue weighted by Gasteiger charge is 2.36. The third kappa shape index (κ3) is 5.20. The summed E-state index contributed by atoms with van der Waals surface area (Å²) in [6.45, 7) is 8.58. The Morgan fingerprint density at radius 2 is 1.85 bits per heavy atom. The van der Waals surface area contributed by atoms with E-state index in [1.165, 1.54) is 10.4 Å². The standard InChI is InChI=1S/C24H31N3O5S/c1-5-26(6-2)33(30,31)22-15-19(13-12-17(22)4)25-24(29)18-14-23(28)27(16-18)20-10-8-9-11-21(20)32-7-3/h8-13,15,18H,5-7,14,16H2,1-4H3,(H,25,29). The van der Waals surface area contributed by atoms with E-state index in [1.54, 1.807) is 49.9 Å². The molecule has 1 saturated heterocycles. The fourth-order valence-corrected chi connectivity index (χ4v) is 5.69. The van der Waals surface area contributed by atoms with Crippen LogP contribution in [0.25, 0.3) is 0 Å². The molecular formula is C24H31N3O5S. The van der Waals surface area contributed by atoms with Crippen LogP contribution in [0.15, 0.2) is 47.4 Å². The van der Waals surface area contributed by atoms with Crippen LogP contribution in [0.2, 0.25) is 0 Å². The van der Waals surface area contributed by atoms with Gasteiger partial charge in [0.2, 0.25) is 21.8 Å². The van der Waals surface area contributed by atoms with Gasteiger partial charge in [0.1, 0.15) is 5.75 Å². The molecule has 0 radical (unpaired) electrons. The number of anilines is 2. The molecule has 1 fully saturated rings. The summed E-state index contributed by atoms with van der Waals surface area (Å²) in [5, 5.41) is 2.80. The smallest absolute Gasteiger partial charge is 0.243 e. The first-order valence-corrected chi connectivity index (χ1v) is 12.6. The van der Waals surface area contributed by atoms with Crippen molar-refractivity contribution in [1.82, 2.24) is 4.31 Å². The van der Waals surface area contributed by atoms with E-state index in [2.05, 4.69) is 5.32 Å². The number of rotatable bonds is 9. The number of nitrogens with zero attached hydrogens (tertiary/aromatic N) is 2. The molecule has 8 nitrogen and oxygen atoms in total. The molecule has 1 atom stereocenters. The maximum atomic E-state index is 13.0. The highest BCUT2D eigenvalue weighted by molar-refractivity contribution is 7.89. The molecule has 0 bridgehead atoms. The second-order valence-corrected chi connectivity index (χ2v) is 9.77. The second-order valence-electron chi connectivity index (χ2n) is 7.86. The van der Waals surface area contributed by atoms with E-state index in [4.69, 9.17) is 4.74 Å². The lowest BCUT2D eigenvalue weighted by molar-refractivity contribution is -0.122. The van der Waals surface area contributed by atoms with Crippen LogP contribution in [0.1, 0.15) is 32.8 Å². The van der Waals surface area contributed by atoms with Crippen molar-refractivity contribution >= 4 is 33.2 Å². The van der Waals surface area contributed by atoms with Crippen LogP contribution in [-0.2, 0) is 19.6 Å². The highest BCUT2D eigenvalue weighted by atomic mass is 32.2. The van der Waals surface area contributed by atoms with E-state index < -0.39 is 15.9 Å². The zero-order chi connectivity index (χ0) is 24.2. The highest BCUT2D eigenvalue weighted by Crippen LogP contribution is 2.33. The zero-order valence-corrected chi connectivity index (χ0v) is 20.3. The summed E-state index contributed by atoms with van der Waals surface area (Å²) in [6.07, 6.45) is 0.0722. The molecule has 0 saturated carbocycles. The van der Waals surface area contributed by atoms with Crippen molar-refractivity contribution in [1.29, 1.82) is 0 Å². The Morgan fingerprint density at radius 3 is 2.52 bits per heavy atom. The van der Waals surface area contributed by atoms with Gasteiger partial charge in [0, 0.05) is 31.7 Å². The van der Waals surface area contributed by atoms with Gasteiger partial charge in [-0.15, -0.1) is 0 Å². The number of benzene rings is 2. The van der Waals surface area contributed by atoms with Crippen molar-refractivity contribution in [2.75, 3.05) is 36.5 Å². The van der Waals surface area contributed by atoms with Crippen LogP contribution in [0, 0.1) is 12.8 Å². The quantitative estimate of drug-likeness (QED) is 0.602. The number of aryl methyl sites for hydroxylation is 1. The van der Waals surface area contributed by atoms with Crippen molar-refractivity contribution in [2.24, 2.45) is 5.92 Å². The fourth-order valence-electron chi connectivity index (χ4n) is 3.98. The van der Waals surface area contributed by atoms with Crippen molar-refractivity contribution in [3.05, 3.63) is 48.0 Å². The van der Waals surface area contributed by atoms with E-state index in [-0.39, 0.29) is 29.7 Å². The summed E-state index contributed by atoms with van der Waals surface area (Å²) >= 11 is 0. The molecule has 2 aromatic rings. The van der Waals surface area contributed by atoms with Gasteiger partial charge in [-0.25, -0.2) is 8.42 Å². The Balaban J connectivity index is 1.78. The van der Waals surface area contributed by atoms with E-state index in [0.29, 0.717) is 42.4 Å². The summed E-state index contributed by atoms with van der Waals surface area (Å²) < 4.78 is 33.0. The van der Waals surface area contributed by atoms with E-state index in [0.717, 1.165) is 0 Å². The molecule has 1 heterocycles. The molecule has 1 unspecified atom stereocenters. The largest absolute Gasteiger partial charge is 0.492 e. The predicted octanol–water partition coefficient (Wildman–Crippen LogP) is 3.42. The van der Waals surface area contributed by atoms with E-state index in [1.807, 2.05) is 19.1 Å². The van der Waals surface area contributed by atoms with Crippen LogP contribution in [0.3, 0.4) is 0 Å². The molecule has 1 aliphatic rings. The first kappa shape index (κ1) is 24.7. The van der Waals surface area contributed by atoms with Gasteiger partial charge in [-0.2, -0.15) is 4.31 Å². The van der Waals surface area contributed by atoms with Gasteiger partial charge in [-0.05, 0) is 43.7 Å². The third-order valence-electron chi connectivity index (χ3n) is 5.73. The Morgan fingerprint density at radius 1 is 1.15 bits per heavy atom. The molecule has 33 heavy (non-hydrogen) atoms. The van der Waals surface area contributed by atoms with Crippen molar-refractivity contribution in [2.45, 2.75) is 39.0 Å². The van der Waals surface area contributed by atoms with Gasteiger partial charge >= 0.3 is 0 Å². The summed E-state index contributed by atoms with van der Waals surface area (Å²) in [5.41, 5.74) is 1.63. The number of ether oxygens (including phenoxy) is 1. The van der Waals surface area contributed by atoms with Crippen molar-refractivity contribution in [3.63, 3.8) is 0 Å². The maximum absolute atomic E-state index is 13.0. The van der Waals surface area contributed by atoms with Crippen LogP contribution < -0.4 is 15.0 Å². The average Bonchev–Trinajstić information content (AvgIpc) is 3.18. The molecule has 9 heteroatoms. The molecule has 178 valence electrons. The minimum absolute atomic E-state index is 0.0722. The summed E-state index contributed by atoms with van der Waals surface area (Å²) in [7, 11) is -3.67. The van der Waals surface area contributed by atoms with E-state index in [9.17, 15) is 18.0 Å². The molecule has 1 N–H and O–H groups in total. The molecule has 2 aromatic carbocycles. The van der Waals surface area contributed by atoms with Gasteiger partial charge in [-0.1, -0.05) is 32.0 Å². The first-order chi connectivity index (χ1) is 15.7. The number of sulfonamides is 1. The van der Waals surface area contributed by atoms with Gasteiger partial charge in [0.15, 0.2) is 0 Å². The van der Waals surface area contributed by atoms with Crippen LogP contribution >= 0.6 is 0 Å². The third-order valence-corrected chi connectivity index (χ3v) is 7.92. The first-order valence-electron chi connectivity index (χ1n) is 11.2. The lowest BCUT2D eigenvalue weighted by atomic mass is 10.1. The number of amides is 2.